The third-order valence-electron chi connectivity index (χ3n) is 3.77. The van der Waals surface area contributed by atoms with Crippen molar-refractivity contribution in [3.63, 3.8) is 0 Å². The smallest absolute Gasteiger partial charge is 0.227 e. The summed E-state index contributed by atoms with van der Waals surface area (Å²) >= 11 is 2.01. The fourth-order valence-corrected chi connectivity index (χ4v) is 3.65. The lowest BCUT2D eigenvalue weighted by Gasteiger charge is -2.28. The molecule has 1 fully saturated rings. The number of benzene rings is 1. The summed E-state index contributed by atoms with van der Waals surface area (Å²) < 4.78 is 0. The highest BCUT2D eigenvalue weighted by molar-refractivity contribution is 7.99. The summed E-state index contributed by atoms with van der Waals surface area (Å²) in [5.41, 5.74) is 3.76. The fraction of sp³-hybridized carbons (Fsp3) is 0.500. The van der Waals surface area contributed by atoms with Crippen LogP contribution in [0, 0.1) is 0 Å². The molecule has 0 radical (unpaired) electrons. The molecule has 0 bridgehead atoms. The number of nitrogens with one attached hydrogen (secondary N) is 1. The van der Waals surface area contributed by atoms with Gasteiger partial charge in [0.15, 0.2) is 0 Å². The van der Waals surface area contributed by atoms with Gasteiger partial charge >= 0.3 is 0 Å². The van der Waals surface area contributed by atoms with Crippen LogP contribution in [0.4, 0.5) is 5.69 Å². The number of fused-ring (bicyclic) bond motifs is 1. The van der Waals surface area contributed by atoms with Gasteiger partial charge in [0.25, 0.3) is 0 Å². The molecule has 1 atom stereocenters. The van der Waals surface area contributed by atoms with Gasteiger partial charge in [-0.25, -0.2) is 0 Å². The van der Waals surface area contributed by atoms with Crippen molar-refractivity contribution < 1.29 is 4.79 Å². The highest BCUT2D eigenvalue weighted by Gasteiger charge is 2.22. The van der Waals surface area contributed by atoms with E-state index in [2.05, 4.69) is 23.5 Å². The molecule has 0 aromatic heterocycles. The van der Waals surface area contributed by atoms with E-state index in [0.717, 1.165) is 24.4 Å². The van der Waals surface area contributed by atoms with Gasteiger partial charge in [0.05, 0.1) is 0 Å². The first-order chi connectivity index (χ1) is 8.75. The molecule has 2 aliphatic rings. The predicted molar refractivity (Wildman–Crippen MR) is 76.2 cm³/mol. The molecular weight excluding hydrogens is 244 g/mol. The standard InChI is InChI=1S/C14H18N2OS/c1-16-13-4-2-10(12-9-18-7-6-15-12)8-11(13)3-5-14(16)17/h2,4,8,12,15H,3,5-7,9H2,1H3. The molecule has 1 unspecified atom stereocenters. The molecule has 4 heteroatoms. The molecule has 96 valence electrons. The van der Waals surface area contributed by atoms with Gasteiger partial charge in [-0.2, -0.15) is 11.8 Å². The molecule has 3 rings (SSSR count). The largest absolute Gasteiger partial charge is 0.315 e. The highest BCUT2D eigenvalue weighted by atomic mass is 32.2. The number of thioether (sulfide) groups is 1. The van der Waals surface area contributed by atoms with Crippen molar-refractivity contribution in [2.75, 3.05) is 30.0 Å². The van der Waals surface area contributed by atoms with Gasteiger partial charge < -0.3 is 10.2 Å². The molecule has 1 amide bonds. The van der Waals surface area contributed by atoms with Crippen LogP contribution in [0.1, 0.15) is 23.6 Å². The monoisotopic (exact) mass is 262 g/mol. The molecule has 1 N–H and O–H groups in total. The molecule has 0 saturated carbocycles. The van der Waals surface area contributed by atoms with Gasteiger partial charge in [-0.1, -0.05) is 12.1 Å². The van der Waals surface area contributed by atoms with Crippen LogP contribution in [0.15, 0.2) is 18.2 Å². The Balaban J connectivity index is 1.89. The second-order valence-electron chi connectivity index (χ2n) is 4.92. The average Bonchev–Trinajstić information content (AvgIpc) is 2.44. The molecule has 2 heterocycles. The molecule has 1 saturated heterocycles. The Labute approximate surface area is 112 Å². The van der Waals surface area contributed by atoms with Crippen LogP contribution in [-0.2, 0) is 11.2 Å². The van der Waals surface area contributed by atoms with Crippen molar-refractivity contribution in [3.05, 3.63) is 29.3 Å². The fourth-order valence-electron chi connectivity index (χ4n) is 2.67. The number of anilines is 1. The third-order valence-corrected chi connectivity index (χ3v) is 4.83. The number of amides is 1. The lowest BCUT2D eigenvalue weighted by Crippen LogP contribution is -2.32. The molecule has 2 aliphatic heterocycles. The van der Waals surface area contributed by atoms with Crippen LogP contribution in [0.25, 0.3) is 0 Å². The maximum Gasteiger partial charge on any atom is 0.227 e. The summed E-state index contributed by atoms with van der Waals surface area (Å²) in [6.07, 6.45) is 1.52. The molecule has 0 aliphatic carbocycles. The Bertz CT molecular complexity index is 469. The van der Waals surface area contributed by atoms with E-state index in [1.54, 1.807) is 4.90 Å². The first-order valence-corrected chi connectivity index (χ1v) is 7.61. The lowest BCUT2D eigenvalue weighted by molar-refractivity contribution is -0.118. The van der Waals surface area contributed by atoms with E-state index >= 15 is 0 Å². The second kappa shape index (κ2) is 4.94. The van der Waals surface area contributed by atoms with E-state index in [-0.39, 0.29) is 5.91 Å². The van der Waals surface area contributed by atoms with Crippen molar-refractivity contribution in [3.8, 4) is 0 Å². The van der Waals surface area contributed by atoms with Crippen molar-refractivity contribution in [1.29, 1.82) is 0 Å². The third kappa shape index (κ3) is 2.15. The quantitative estimate of drug-likeness (QED) is 0.840. The number of aryl methyl sites for hydroxylation is 1. The van der Waals surface area contributed by atoms with Gasteiger partial charge in [0.2, 0.25) is 5.91 Å². The molecular formula is C14H18N2OS. The maximum atomic E-state index is 11.7. The molecule has 0 spiro atoms. The highest BCUT2D eigenvalue weighted by Crippen LogP contribution is 2.31. The Kier molecular flexibility index (Phi) is 3.31. The topological polar surface area (TPSA) is 32.3 Å². The summed E-state index contributed by atoms with van der Waals surface area (Å²) in [5.74, 6) is 2.58. The zero-order valence-electron chi connectivity index (χ0n) is 10.6. The van der Waals surface area contributed by atoms with Crippen LogP contribution in [0.2, 0.25) is 0 Å². The summed E-state index contributed by atoms with van der Waals surface area (Å²) in [6.45, 7) is 1.09. The van der Waals surface area contributed by atoms with Gasteiger partial charge in [0.1, 0.15) is 0 Å². The van der Waals surface area contributed by atoms with Crippen molar-refractivity contribution >= 4 is 23.4 Å². The zero-order valence-corrected chi connectivity index (χ0v) is 11.4. The van der Waals surface area contributed by atoms with Gasteiger partial charge in [-0.05, 0) is 23.6 Å². The first-order valence-electron chi connectivity index (χ1n) is 6.46. The number of carbonyl (C=O) groups is 1. The zero-order chi connectivity index (χ0) is 12.5. The minimum absolute atomic E-state index is 0.224. The van der Waals surface area contributed by atoms with Gasteiger partial charge in [-0.15, -0.1) is 0 Å². The molecule has 18 heavy (non-hydrogen) atoms. The summed E-state index contributed by atoms with van der Waals surface area (Å²) in [4.78, 5) is 13.4. The molecule has 1 aromatic carbocycles. The number of carbonyl (C=O) groups excluding carboxylic acids is 1. The SMILES string of the molecule is CN1C(=O)CCc2cc(C3CSCCN3)ccc21. The van der Waals surface area contributed by atoms with Crippen molar-refractivity contribution in [2.45, 2.75) is 18.9 Å². The molecule has 3 nitrogen and oxygen atoms in total. The number of hydrogen-bond acceptors (Lipinski definition) is 3. The van der Waals surface area contributed by atoms with E-state index in [0.29, 0.717) is 12.5 Å². The summed E-state index contributed by atoms with van der Waals surface area (Å²) in [6, 6.07) is 7.01. The average molecular weight is 262 g/mol. The lowest BCUT2D eigenvalue weighted by atomic mass is 9.97. The Morgan fingerprint density at radius 3 is 3.06 bits per heavy atom. The number of hydrogen-bond donors (Lipinski definition) is 1. The Morgan fingerprint density at radius 1 is 1.39 bits per heavy atom. The minimum Gasteiger partial charge on any atom is -0.315 e. The second-order valence-corrected chi connectivity index (χ2v) is 6.07. The van der Waals surface area contributed by atoms with Gasteiger partial charge in [-0.3, -0.25) is 4.79 Å². The van der Waals surface area contributed by atoms with E-state index in [4.69, 9.17) is 0 Å². The van der Waals surface area contributed by atoms with Crippen molar-refractivity contribution in [1.82, 2.24) is 5.32 Å². The van der Waals surface area contributed by atoms with Crippen LogP contribution in [-0.4, -0.2) is 31.0 Å². The summed E-state index contributed by atoms with van der Waals surface area (Å²) in [5, 5.41) is 3.56. The Morgan fingerprint density at radius 2 is 2.28 bits per heavy atom. The minimum atomic E-state index is 0.224. The van der Waals surface area contributed by atoms with Gasteiger partial charge in [0, 0.05) is 43.2 Å². The number of nitrogens with zero attached hydrogens (tertiary/aromatic N) is 1. The van der Waals surface area contributed by atoms with E-state index in [9.17, 15) is 4.79 Å². The Hall–Kier alpha value is -1.00. The summed E-state index contributed by atoms with van der Waals surface area (Å²) in [7, 11) is 1.87. The van der Waals surface area contributed by atoms with E-state index < -0.39 is 0 Å². The number of rotatable bonds is 1. The van der Waals surface area contributed by atoms with E-state index in [1.165, 1.54) is 16.9 Å². The normalized spacial score (nSPS) is 23.9. The van der Waals surface area contributed by atoms with Crippen LogP contribution >= 0.6 is 11.8 Å². The van der Waals surface area contributed by atoms with Crippen LogP contribution < -0.4 is 10.2 Å². The first kappa shape index (κ1) is 12.1. The molecule has 1 aromatic rings. The van der Waals surface area contributed by atoms with Crippen LogP contribution in [0.3, 0.4) is 0 Å². The predicted octanol–water partition coefficient (Wildman–Crippen LogP) is 1.97. The van der Waals surface area contributed by atoms with Crippen LogP contribution in [0.5, 0.6) is 0 Å². The maximum absolute atomic E-state index is 11.7. The van der Waals surface area contributed by atoms with E-state index in [1.807, 2.05) is 18.8 Å². The van der Waals surface area contributed by atoms with Crippen molar-refractivity contribution in [2.24, 2.45) is 0 Å².